The molecule has 3 rings (SSSR count). The number of carbonyl (C=O) groups is 2. The SMILES string of the molecule is CC1(NC(=O)C2CCN(S(=O)(=O)c3ccccc3C(=O)O)CC2)CCC1. The van der Waals surface area contributed by atoms with E-state index in [1.165, 1.54) is 28.6 Å². The van der Waals surface area contributed by atoms with Crippen LogP contribution in [0.4, 0.5) is 0 Å². The highest BCUT2D eigenvalue weighted by atomic mass is 32.2. The topological polar surface area (TPSA) is 104 Å². The third-order valence-electron chi connectivity index (χ3n) is 5.44. The van der Waals surface area contributed by atoms with Gasteiger partial charge in [-0.05, 0) is 51.2 Å². The zero-order chi connectivity index (χ0) is 18.9. The lowest BCUT2D eigenvalue weighted by Gasteiger charge is -2.41. The second-order valence-corrected chi connectivity index (χ2v) is 9.29. The summed E-state index contributed by atoms with van der Waals surface area (Å²) >= 11 is 0. The van der Waals surface area contributed by atoms with Crippen LogP contribution in [0.1, 0.15) is 49.4 Å². The van der Waals surface area contributed by atoms with Gasteiger partial charge in [0.1, 0.15) is 0 Å². The van der Waals surface area contributed by atoms with E-state index in [0.29, 0.717) is 12.8 Å². The summed E-state index contributed by atoms with van der Waals surface area (Å²) in [5.41, 5.74) is -0.342. The lowest BCUT2D eigenvalue weighted by Crippen LogP contribution is -2.54. The summed E-state index contributed by atoms with van der Waals surface area (Å²) in [7, 11) is -3.89. The van der Waals surface area contributed by atoms with Crippen molar-refractivity contribution >= 4 is 21.9 Å². The van der Waals surface area contributed by atoms with Crippen molar-refractivity contribution in [1.29, 1.82) is 0 Å². The average molecular weight is 380 g/mol. The fraction of sp³-hybridized carbons (Fsp3) is 0.556. The second-order valence-electron chi connectivity index (χ2n) is 7.38. The van der Waals surface area contributed by atoms with Crippen molar-refractivity contribution in [3.63, 3.8) is 0 Å². The number of sulfonamides is 1. The van der Waals surface area contributed by atoms with Gasteiger partial charge >= 0.3 is 5.97 Å². The Balaban J connectivity index is 1.67. The van der Waals surface area contributed by atoms with Gasteiger partial charge < -0.3 is 10.4 Å². The number of aromatic carboxylic acids is 1. The Morgan fingerprint density at radius 1 is 1.19 bits per heavy atom. The highest BCUT2D eigenvalue weighted by molar-refractivity contribution is 7.89. The first kappa shape index (κ1) is 18.8. The predicted octanol–water partition coefficient (Wildman–Crippen LogP) is 1.84. The molecule has 1 saturated heterocycles. The Bertz CT molecular complexity index is 809. The third-order valence-corrected chi connectivity index (χ3v) is 7.40. The number of hydrogen-bond acceptors (Lipinski definition) is 4. The molecule has 0 aromatic heterocycles. The van der Waals surface area contributed by atoms with E-state index in [4.69, 9.17) is 0 Å². The maximum Gasteiger partial charge on any atom is 0.337 e. The van der Waals surface area contributed by atoms with Gasteiger partial charge in [-0.1, -0.05) is 12.1 Å². The summed E-state index contributed by atoms with van der Waals surface area (Å²) in [4.78, 5) is 23.5. The summed E-state index contributed by atoms with van der Waals surface area (Å²) < 4.78 is 27.0. The molecule has 0 radical (unpaired) electrons. The molecule has 2 fully saturated rings. The average Bonchev–Trinajstić information content (AvgIpc) is 2.60. The smallest absolute Gasteiger partial charge is 0.337 e. The molecule has 1 amide bonds. The Hall–Kier alpha value is -1.93. The van der Waals surface area contributed by atoms with Crippen molar-refractivity contribution in [3.8, 4) is 0 Å². The van der Waals surface area contributed by atoms with Gasteiger partial charge in [0, 0.05) is 24.5 Å². The number of benzene rings is 1. The molecule has 1 aliphatic heterocycles. The lowest BCUT2D eigenvalue weighted by atomic mass is 9.78. The van der Waals surface area contributed by atoms with Crippen LogP contribution in [-0.4, -0.2) is 48.3 Å². The highest BCUT2D eigenvalue weighted by Gasteiger charge is 2.38. The van der Waals surface area contributed by atoms with Crippen molar-refractivity contribution in [3.05, 3.63) is 29.8 Å². The molecule has 7 nitrogen and oxygen atoms in total. The van der Waals surface area contributed by atoms with Gasteiger partial charge in [-0.2, -0.15) is 4.31 Å². The first-order valence-corrected chi connectivity index (χ1v) is 10.3. The Morgan fingerprint density at radius 2 is 1.81 bits per heavy atom. The highest BCUT2D eigenvalue weighted by Crippen LogP contribution is 2.32. The molecule has 0 spiro atoms. The minimum atomic E-state index is -3.89. The van der Waals surface area contributed by atoms with Crippen LogP contribution >= 0.6 is 0 Å². The predicted molar refractivity (Wildman–Crippen MR) is 95.3 cm³/mol. The van der Waals surface area contributed by atoms with Crippen LogP contribution in [0.2, 0.25) is 0 Å². The zero-order valence-corrected chi connectivity index (χ0v) is 15.6. The van der Waals surface area contributed by atoms with Gasteiger partial charge in [-0.3, -0.25) is 4.79 Å². The van der Waals surface area contributed by atoms with Gasteiger partial charge in [-0.25, -0.2) is 13.2 Å². The van der Waals surface area contributed by atoms with Crippen molar-refractivity contribution in [2.45, 2.75) is 49.5 Å². The minimum absolute atomic E-state index is 0.00446. The summed E-state index contributed by atoms with van der Waals surface area (Å²) in [5, 5.41) is 12.3. The van der Waals surface area contributed by atoms with E-state index in [-0.39, 0.29) is 40.9 Å². The molecular formula is C18H24N2O5S. The molecule has 0 bridgehead atoms. The molecule has 0 unspecified atom stereocenters. The molecule has 2 aliphatic rings. The molecule has 1 heterocycles. The second kappa shape index (κ2) is 7.00. The molecule has 8 heteroatoms. The van der Waals surface area contributed by atoms with Crippen molar-refractivity contribution in [2.75, 3.05) is 13.1 Å². The van der Waals surface area contributed by atoms with Crippen LogP contribution in [0.15, 0.2) is 29.2 Å². The van der Waals surface area contributed by atoms with Gasteiger partial charge in [0.05, 0.1) is 10.5 Å². The van der Waals surface area contributed by atoms with Crippen LogP contribution in [0.5, 0.6) is 0 Å². The number of nitrogens with zero attached hydrogens (tertiary/aromatic N) is 1. The van der Waals surface area contributed by atoms with Crippen LogP contribution in [-0.2, 0) is 14.8 Å². The summed E-state index contributed by atoms with van der Waals surface area (Å²) in [6.45, 7) is 2.47. The minimum Gasteiger partial charge on any atom is -0.478 e. The van der Waals surface area contributed by atoms with Crippen LogP contribution in [0.25, 0.3) is 0 Å². The first-order chi connectivity index (χ1) is 12.2. The standard InChI is InChI=1S/C18H24N2O5S/c1-18(9-4-10-18)19-16(21)13-7-11-20(12-8-13)26(24,25)15-6-3-2-5-14(15)17(22)23/h2-3,5-6,13H,4,7-12H2,1H3,(H,19,21)(H,22,23). The van der Waals surface area contributed by atoms with E-state index in [2.05, 4.69) is 5.32 Å². The van der Waals surface area contributed by atoms with E-state index in [9.17, 15) is 23.1 Å². The zero-order valence-electron chi connectivity index (χ0n) is 14.8. The van der Waals surface area contributed by atoms with E-state index in [1.807, 2.05) is 6.92 Å². The number of carboxylic acid groups (broad SMARTS) is 1. The molecule has 1 aliphatic carbocycles. The molecule has 142 valence electrons. The van der Waals surface area contributed by atoms with Crippen LogP contribution < -0.4 is 5.32 Å². The van der Waals surface area contributed by atoms with Gasteiger partial charge in [-0.15, -0.1) is 0 Å². The van der Waals surface area contributed by atoms with Gasteiger partial charge in [0.2, 0.25) is 15.9 Å². The van der Waals surface area contributed by atoms with Gasteiger partial charge in [0.25, 0.3) is 0 Å². The molecular weight excluding hydrogens is 356 g/mol. The summed E-state index contributed by atoms with van der Waals surface area (Å²) in [5.74, 6) is -1.48. The summed E-state index contributed by atoms with van der Waals surface area (Å²) in [6.07, 6.45) is 3.97. The van der Waals surface area contributed by atoms with Gasteiger partial charge in [0.15, 0.2) is 0 Å². The Labute approximate surface area is 153 Å². The largest absolute Gasteiger partial charge is 0.478 e. The Kier molecular flexibility index (Phi) is 5.07. The fourth-order valence-corrected chi connectivity index (χ4v) is 5.25. The molecule has 1 aromatic rings. The van der Waals surface area contributed by atoms with Crippen LogP contribution in [0, 0.1) is 5.92 Å². The fourth-order valence-electron chi connectivity index (χ4n) is 3.60. The number of carbonyl (C=O) groups excluding carboxylic acids is 1. The normalized spacial score (nSPS) is 21.0. The molecule has 1 saturated carbocycles. The van der Waals surface area contributed by atoms with E-state index < -0.39 is 16.0 Å². The number of piperidine rings is 1. The number of nitrogens with one attached hydrogen (secondary N) is 1. The molecule has 0 atom stereocenters. The van der Waals surface area contributed by atoms with E-state index in [1.54, 1.807) is 0 Å². The van der Waals surface area contributed by atoms with E-state index in [0.717, 1.165) is 19.3 Å². The molecule has 1 aromatic carbocycles. The van der Waals surface area contributed by atoms with Crippen molar-refractivity contribution in [1.82, 2.24) is 9.62 Å². The lowest BCUT2D eigenvalue weighted by molar-refractivity contribution is -0.128. The van der Waals surface area contributed by atoms with Crippen molar-refractivity contribution in [2.24, 2.45) is 5.92 Å². The maximum absolute atomic E-state index is 12.8. The molecule has 2 N–H and O–H groups in total. The van der Waals surface area contributed by atoms with E-state index >= 15 is 0 Å². The number of carboxylic acids is 1. The monoisotopic (exact) mass is 380 g/mol. The van der Waals surface area contributed by atoms with Crippen molar-refractivity contribution < 1.29 is 23.1 Å². The molecule has 26 heavy (non-hydrogen) atoms. The number of amides is 1. The van der Waals surface area contributed by atoms with Crippen LogP contribution in [0.3, 0.4) is 0 Å². The quantitative estimate of drug-likeness (QED) is 0.811. The maximum atomic E-state index is 12.8. The summed E-state index contributed by atoms with van der Waals surface area (Å²) in [6, 6.07) is 5.61. The number of hydrogen-bond donors (Lipinski definition) is 2. The first-order valence-electron chi connectivity index (χ1n) is 8.87. The Morgan fingerprint density at radius 3 is 2.35 bits per heavy atom. The third kappa shape index (κ3) is 3.61. The number of rotatable bonds is 5.